The van der Waals surface area contributed by atoms with Crippen LogP contribution in [0, 0.1) is 6.92 Å². The number of hydrogen-bond acceptors (Lipinski definition) is 5. The molecular weight excluding hydrogens is 394 g/mol. The number of benzene rings is 2. The Morgan fingerprint density at radius 2 is 1.48 bits per heavy atom. The number of rotatable bonds is 4. The summed E-state index contributed by atoms with van der Waals surface area (Å²) in [6.07, 6.45) is 0.469. The number of nitrogens with one attached hydrogen (secondary N) is 2. The fourth-order valence-corrected chi connectivity index (χ4v) is 5.00. The molecule has 1 spiro atoms. The molecule has 0 atom stereocenters. The highest BCUT2D eigenvalue weighted by atomic mass is 32.2. The molecule has 2 heterocycles. The summed E-state index contributed by atoms with van der Waals surface area (Å²) in [5.74, 6) is 0.817. The maximum atomic E-state index is 12.9. The number of hydrogen-bond donors (Lipinski definition) is 2. The molecule has 2 aromatic rings. The van der Waals surface area contributed by atoms with Gasteiger partial charge >= 0.3 is 6.03 Å². The number of aryl methyl sites for hydroxylation is 1. The molecule has 29 heavy (non-hydrogen) atoms. The Kier molecular flexibility index (Phi) is 4.79. The molecule has 9 heteroatoms. The van der Waals surface area contributed by atoms with Gasteiger partial charge in [-0.1, -0.05) is 17.7 Å². The summed E-state index contributed by atoms with van der Waals surface area (Å²) >= 11 is 0. The Labute approximate surface area is 168 Å². The highest BCUT2D eigenvalue weighted by Gasteiger charge is 2.49. The summed E-state index contributed by atoms with van der Waals surface area (Å²) in [7, 11) is -3.70. The van der Waals surface area contributed by atoms with E-state index >= 15 is 0 Å². The van der Waals surface area contributed by atoms with E-state index < -0.39 is 27.5 Å². The Morgan fingerprint density at radius 3 is 2.00 bits per heavy atom. The Bertz CT molecular complexity index is 1040. The quantitative estimate of drug-likeness (QED) is 0.745. The lowest BCUT2D eigenvalue weighted by Crippen LogP contribution is -2.55. The number of imide groups is 1. The largest absolute Gasteiger partial charge is 0.457 e. The fraction of sp³-hybridized carbons (Fsp3) is 0.300. The molecule has 2 aromatic carbocycles. The first-order chi connectivity index (χ1) is 13.8. The summed E-state index contributed by atoms with van der Waals surface area (Å²) in [6.45, 7) is 2.29. The Hall–Kier alpha value is -2.91. The first-order valence-corrected chi connectivity index (χ1v) is 10.7. The lowest BCUT2D eigenvalue weighted by molar-refractivity contribution is -0.125. The number of ether oxygens (including phenoxy) is 1. The van der Waals surface area contributed by atoms with Gasteiger partial charge in [0.05, 0.1) is 4.90 Å². The number of piperidine rings is 1. The third kappa shape index (κ3) is 3.70. The second-order valence-electron chi connectivity index (χ2n) is 7.28. The van der Waals surface area contributed by atoms with Crippen LogP contribution >= 0.6 is 0 Å². The molecule has 3 amide bonds. The summed E-state index contributed by atoms with van der Waals surface area (Å²) < 4.78 is 33.0. The monoisotopic (exact) mass is 415 g/mol. The van der Waals surface area contributed by atoms with Crippen molar-refractivity contribution in [3.8, 4) is 11.5 Å². The van der Waals surface area contributed by atoms with E-state index in [9.17, 15) is 18.0 Å². The Morgan fingerprint density at radius 1 is 0.931 bits per heavy atom. The van der Waals surface area contributed by atoms with E-state index in [1.807, 2.05) is 31.2 Å². The van der Waals surface area contributed by atoms with Crippen LogP contribution in [0.3, 0.4) is 0 Å². The summed E-state index contributed by atoms with van der Waals surface area (Å²) in [6, 6.07) is 13.3. The maximum absolute atomic E-state index is 12.9. The van der Waals surface area contributed by atoms with E-state index in [2.05, 4.69) is 10.6 Å². The molecule has 2 aliphatic rings. The summed E-state index contributed by atoms with van der Waals surface area (Å²) in [5, 5.41) is 4.85. The van der Waals surface area contributed by atoms with Crippen molar-refractivity contribution in [2.45, 2.75) is 30.2 Å². The van der Waals surface area contributed by atoms with Gasteiger partial charge in [0, 0.05) is 13.1 Å². The summed E-state index contributed by atoms with van der Waals surface area (Å²) in [5.41, 5.74) is 0.117. The van der Waals surface area contributed by atoms with Gasteiger partial charge in [-0.3, -0.25) is 10.1 Å². The van der Waals surface area contributed by atoms with Crippen molar-refractivity contribution in [1.29, 1.82) is 0 Å². The number of nitrogens with zero attached hydrogens (tertiary/aromatic N) is 1. The van der Waals surface area contributed by atoms with E-state index in [4.69, 9.17) is 4.74 Å². The van der Waals surface area contributed by atoms with E-state index in [0.717, 1.165) is 5.56 Å². The zero-order valence-corrected chi connectivity index (χ0v) is 16.7. The molecule has 0 aromatic heterocycles. The van der Waals surface area contributed by atoms with Crippen molar-refractivity contribution < 1.29 is 22.7 Å². The van der Waals surface area contributed by atoms with Gasteiger partial charge in [0.2, 0.25) is 10.0 Å². The number of carbonyl (C=O) groups is 2. The standard InChI is InChI=1S/C20H21N3O5S/c1-14-2-4-15(5-3-14)28-16-6-8-17(9-7-16)29(26,27)23-12-10-20(11-13-23)18(24)21-19(25)22-20/h2-9H,10-13H2,1H3,(H2,21,22,24,25). The van der Waals surface area contributed by atoms with Crippen molar-refractivity contribution in [2.24, 2.45) is 0 Å². The average Bonchev–Trinajstić information content (AvgIpc) is 2.97. The van der Waals surface area contributed by atoms with Crippen molar-refractivity contribution in [2.75, 3.05) is 13.1 Å². The fourth-order valence-electron chi connectivity index (χ4n) is 3.56. The van der Waals surface area contributed by atoms with Gasteiger partial charge in [-0.15, -0.1) is 0 Å². The molecular formula is C20H21N3O5S. The molecule has 4 rings (SSSR count). The third-order valence-corrected chi connectivity index (χ3v) is 7.22. The van der Waals surface area contributed by atoms with Gasteiger partial charge in [0.1, 0.15) is 17.0 Å². The molecule has 152 valence electrons. The van der Waals surface area contributed by atoms with Gasteiger partial charge < -0.3 is 10.1 Å². The second kappa shape index (κ2) is 7.16. The first-order valence-electron chi connectivity index (χ1n) is 9.27. The molecule has 8 nitrogen and oxygen atoms in total. The van der Waals surface area contributed by atoms with Crippen LogP contribution in [0.25, 0.3) is 0 Å². The van der Waals surface area contributed by atoms with E-state index in [-0.39, 0.29) is 30.8 Å². The minimum absolute atomic E-state index is 0.150. The molecule has 2 N–H and O–H groups in total. The average molecular weight is 415 g/mol. The van der Waals surface area contributed by atoms with Gasteiger partial charge in [-0.2, -0.15) is 4.31 Å². The molecule has 0 bridgehead atoms. The highest BCUT2D eigenvalue weighted by Crippen LogP contribution is 2.30. The van der Waals surface area contributed by atoms with Gasteiger partial charge in [-0.25, -0.2) is 13.2 Å². The Balaban J connectivity index is 1.44. The number of amides is 3. The zero-order chi connectivity index (χ0) is 20.6. The van der Waals surface area contributed by atoms with Crippen LogP contribution in [0.5, 0.6) is 11.5 Å². The minimum Gasteiger partial charge on any atom is -0.457 e. The zero-order valence-electron chi connectivity index (χ0n) is 15.8. The predicted octanol–water partition coefficient (Wildman–Crippen LogP) is 2.15. The highest BCUT2D eigenvalue weighted by molar-refractivity contribution is 7.89. The van der Waals surface area contributed by atoms with Crippen LogP contribution in [0.15, 0.2) is 53.4 Å². The number of urea groups is 1. The molecule has 2 fully saturated rings. The van der Waals surface area contributed by atoms with Crippen molar-refractivity contribution >= 4 is 22.0 Å². The molecule has 0 unspecified atom stereocenters. The maximum Gasteiger partial charge on any atom is 0.322 e. The predicted molar refractivity (Wildman–Crippen MR) is 105 cm³/mol. The van der Waals surface area contributed by atoms with Gasteiger partial charge in [0.15, 0.2) is 0 Å². The van der Waals surface area contributed by atoms with Crippen molar-refractivity contribution in [3.63, 3.8) is 0 Å². The van der Waals surface area contributed by atoms with Crippen LogP contribution in [0.1, 0.15) is 18.4 Å². The van der Waals surface area contributed by atoms with Crippen molar-refractivity contribution in [1.82, 2.24) is 14.9 Å². The van der Waals surface area contributed by atoms with E-state index in [1.54, 1.807) is 12.1 Å². The lowest BCUT2D eigenvalue weighted by Gasteiger charge is -2.36. The minimum atomic E-state index is -3.70. The lowest BCUT2D eigenvalue weighted by atomic mass is 9.89. The van der Waals surface area contributed by atoms with E-state index in [0.29, 0.717) is 11.5 Å². The molecule has 0 radical (unpaired) electrons. The normalized spacial score (nSPS) is 19.1. The smallest absolute Gasteiger partial charge is 0.322 e. The van der Waals surface area contributed by atoms with Gasteiger partial charge in [0.25, 0.3) is 5.91 Å². The van der Waals surface area contributed by atoms with E-state index in [1.165, 1.54) is 16.4 Å². The molecule has 2 aliphatic heterocycles. The summed E-state index contributed by atoms with van der Waals surface area (Å²) in [4.78, 5) is 23.6. The van der Waals surface area contributed by atoms with Gasteiger partial charge in [-0.05, 0) is 56.2 Å². The third-order valence-electron chi connectivity index (χ3n) is 5.31. The molecule has 0 saturated carbocycles. The van der Waals surface area contributed by atoms with Crippen LogP contribution in [-0.2, 0) is 14.8 Å². The van der Waals surface area contributed by atoms with Crippen molar-refractivity contribution in [3.05, 3.63) is 54.1 Å². The SMILES string of the molecule is Cc1ccc(Oc2ccc(S(=O)(=O)N3CCC4(CC3)NC(=O)NC4=O)cc2)cc1. The molecule has 2 saturated heterocycles. The second-order valence-corrected chi connectivity index (χ2v) is 9.22. The topological polar surface area (TPSA) is 105 Å². The number of carbonyl (C=O) groups excluding carboxylic acids is 2. The molecule has 0 aliphatic carbocycles. The van der Waals surface area contributed by atoms with Crippen LogP contribution in [0.4, 0.5) is 4.79 Å². The van der Waals surface area contributed by atoms with Crippen LogP contribution in [0.2, 0.25) is 0 Å². The number of sulfonamides is 1. The van der Waals surface area contributed by atoms with Crippen LogP contribution in [-0.4, -0.2) is 43.3 Å². The first kappa shape index (κ1) is 19.4. The van der Waals surface area contributed by atoms with Crippen LogP contribution < -0.4 is 15.4 Å².